The fraction of sp³-hybridized carbons (Fsp3) is 0.312. The Balaban J connectivity index is 2.46. The number of rotatable bonds is 8. The minimum absolute atomic E-state index is 0.000662. The van der Waals surface area contributed by atoms with Crippen molar-refractivity contribution in [1.29, 1.82) is 10.5 Å². The summed E-state index contributed by atoms with van der Waals surface area (Å²) < 4.78 is 0. The van der Waals surface area contributed by atoms with Gasteiger partial charge >= 0.3 is 5.69 Å². The Morgan fingerprint density at radius 2 is 1.88 bits per heavy atom. The highest BCUT2D eigenvalue weighted by Gasteiger charge is 2.27. The van der Waals surface area contributed by atoms with E-state index in [0.29, 0.717) is 5.82 Å². The lowest BCUT2D eigenvalue weighted by molar-refractivity contribution is -0.383. The second-order valence-electron chi connectivity index (χ2n) is 5.25. The zero-order valence-corrected chi connectivity index (χ0v) is 14.1. The summed E-state index contributed by atoms with van der Waals surface area (Å²) in [4.78, 5) is 24.8. The van der Waals surface area contributed by atoms with Gasteiger partial charge in [-0.3, -0.25) is 10.1 Å². The maximum atomic E-state index is 11.7. The van der Waals surface area contributed by atoms with E-state index < -0.39 is 4.92 Å². The second-order valence-corrected chi connectivity index (χ2v) is 5.25. The highest BCUT2D eigenvalue weighted by molar-refractivity contribution is 5.74. The fourth-order valence-corrected chi connectivity index (χ4v) is 2.28. The fourth-order valence-electron chi connectivity index (χ4n) is 2.28. The molecule has 0 saturated carbocycles. The summed E-state index contributed by atoms with van der Waals surface area (Å²) >= 11 is 0. The normalized spacial score (nSPS) is 9.81. The molecule has 10 heteroatoms. The Hall–Kier alpha value is -3.79. The van der Waals surface area contributed by atoms with Gasteiger partial charge < -0.3 is 10.2 Å². The highest BCUT2D eigenvalue weighted by atomic mass is 16.6. The topological polar surface area (TPSA) is 145 Å². The summed E-state index contributed by atoms with van der Waals surface area (Å²) in [5, 5.41) is 32.2. The minimum atomic E-state index is -0.582. The standard InChI is InChI=1S/C16H16N8O2/c1-12-5-2-8-19-14(12)22-15-13(24(25)26)16(21-11-20-15)23(9-3-6-17)10-4-7-18/h2,5,8,11H,3-4,9-10H2,1H3,(H,19,20,21,22). The maximum Gasteiger partial charge on any atom is 0.353 e. The molecule has 0 aromatic carbocycles. The molecule has 0 unspecified atom stereocenters. The summed E-state index contributed by atoms with van der Waals surface area (Å²) in [5.41, 5.74) is 0.473. The molecular weight excluding hydrogens is 336 g/mol. The van der Waals surface area contributed by atoms with Crippen LogP contribution in [0.3, 0.4) is 0 Å². The van der Waals surface area contributed by atoms with E-state index in [1.165, 1.54) is 6.33 Å². The second kappa shape index (κ2) is 8.89. The molecule has 2 rings (SSSR count). The molecule has 0 aliphatic heterocycles. The van der Waals surface area contributed by atoms with Crippen molar-refractivity contribution >= 4 is 23.1 Å². The number of pyridine rings is 1. The van der Waals surface area contributed by atoms with E-state index in [1.54, 1.807) is 17.2 Å². The van der Waals surface area contributed by atoms with Crippen molar-refractivity contribution in [2.45, 2.75) is 19.8 Å². The van der Waals surface area contributed by atoms with Crippen molar-refractivity contribution in [3.63, 3.8) is 0 Å². The number of aryl methyl sites for hydroxylation is 1. The van der Waals surface area contributed by atoms with Gasteiger partial charge in [0.2, 0.25) is 11.6 Å². The van der Waals surface area contributed by atoms with Crippen molar-refractivity contribution < 1.29 is 4.92 Å². The Morgan fingerprint density at radius 3 is 2.46 bits per heavy atom. The Labute approximate surface area is 149 Å². The van der Waals surface area contributed by atoms with Gasteiger partial charge in [-0.1, -0.05) is 6.07 Å². The molecule has 10 nitrogen and oxygen atoms in total. The zero-order chi connectivity index (χ0) is 18.9. The third kappa shape index (κ3) is 4.39. The van der Waals surface area contributed by atoms with Crippen LogP contribution in [0.4, 0.5) is 23.1 Å². The number of nitriles is 2. The van der Waals surface area contributed by atoms with Crippen LogP contribution in [0.2, 0.25) is 0 Å². The molecule has 0 saturated heterocycles. The molecule has 2 heterocycles. The van der Waals surface area contributed by atoms with Gasteiger partial charge in [-0.05, 0) is 18.6 Å². The van der Waals surface area contributed by atoms with Crippen LogP contribution in [0.15, 0.2) is 24.7 Å². The summed E-state index contributed by atoms with van der Waals surface area (Å²) in [6, 6.07) is 7.55. The average molecular weight is 352 g/mol. The van der Waals surface area contributed by atoms with Gasteiger partial charge in [0.05, 0.1) is 29.9 Å². The number of nitrogens with one attached hydrogen (secondary N) is 1. The van der Waals surface area contributed by atoms with Crippen LogP contribution in [-0.2, 0) is 0 Å². The molecule has 0 bridgehead atoms. The van der Waals surface area contributed by atoms with Crippen molar-refractivity contribution in [2.24, 2.45) is 0 Å². The minimum Gasteiger partial charge on any atom is -0.349 e. The molecule has 26 heavy (non-hydrogen) atoms. The number of hydrogen-bond donors (Lipinski definition) is 1. The smallest absolute Gasteiger partial charge is 0.349 e. The Morgan fingerprint density at radius 1 is 1.19 bits per heavy atom. The molecule has 0 spiro atoms. The van der Waals surface area contributed by atoms with Crippen LogP contribution in [-0.4, -0.2) is 33.0 Å². The van der Waals surface area contributed by atoms with E-state index in [2.05, 4.69) is 20.3 Å². The lowest BCUT2D eigenvalue weighted by atomic mass is 10.3. The van der Waals surface area contributed by atoms with E-state index in [9.17, 15) is 10.1 Å². The number of hydrogen-bond acceptors (Lipinski definition) is 9. The summed E-state index contributed by atoms with van der Waals surface area (Å²) in [6.07, 6.45) is 3.06. The summed E-state index contributed by atoms with van der Waals surface area (Å²) in [6.45, 7) is 2.26. The Kier molecular flexibility index (Phi) is 6.34. The molecule has 0 amide bonds. The van der Waals surface area contributed by atoms with Crippen LogP contribution in [0.25, 0.3) is 0 Å². The quantitative estimate of drug-likeness (QED) is 0.559. The number of aromatic nitrogens is 3. The average Bonchev–Trinajstić information content (AvgIpc) is 2.63. The first-order valence-corrected chi connectivity index (χ1v) is 7.75. The number of nitro groups is 1. The summed E-state index contributed by atoms with van der Waals surface area (Å²) in [7, 11) is 0. The van der Waals surface area contributed by atoms with Gasteiger partial charge in [0.15, 0.2) is 0 Å². The molecule has 132 valence electrons. The lowest BCUT2D eigenvalue weighted by Gasteiger charge is -2.21. The number of nitrogens with zero attached hydrogens (tertiary/aromatic N) is 7. The molecule has 0 radical (unpaired) electrons. The van der Waals surface area contributed by atoms with Gasteiger partial charge in [-0.2, -0.15) is 10.5 Å². The number of anilines is 3. The summed E-state index contributed by atoms with van der Waals surface area (Å²) in [5.74, 6) is 0.508. The predicted octanol–water partition coefficient (Wildman–Crippen LogP) is 2.47. The predicted molar refractivity (Wildman–Crippen MR) is 93.6 cm³/mol. The van der Waals surface area contributed by atoms with E-state index in [-0.39, 0.29) is 43.3 Å². The molecule has 0 atom stereocenters. The van der Waals surface area contributed by atoms with Gasteiger partial charge in [0, 0.05) is 19.3 Å². The van der Waals surface area contributed by atoms with Crippen LogP contribution in [0.5, 0.6) is 0 Å². The van der Waals surface area contributed by atoms with E-state index in [4.69, 9.17) is 10.5 Å². The molecule has 0 aliphatic carbocycles. The molecule has 2 aromatic heterocycles. The molecule has 1 N–H and O–H groups in total. The van der Waals surface area contributed by atoms with Crippen molar-refractivity contribution in [3.8, 4) is 12.1 Å². The van der Waals surface area contributed by atoms with Crippen LogP contribution in [0.1, 0.15) is 18.4 Å². The maximum absolute atomic E-state index is 11.7. The first kappa shape index (κ1) is 18.5. The Bertz CT molecular complexity index is 853. The lowest BCUT2D eigenvalue weighted by Crippen LogP contribution is -2.27. The van der Waals surface area contributed by atoms with E-state index in [1.807, 2.05) is 25.1 Å². The SMILES string of the molecule is Cc1cccnc1Nc1ncnc(N(CCC#N)CCC#N)c1[N+](=O)[O-]. The van der Waals surface area contributed by atoms with E-state index >= 15 is 0 Å². The van der Waals surface area contributed by atoms with Crippen LogP contribution >= 0.6 is 0 Å². The highest BCUT2D eigenvalue weighted by Crippen LogP contribution is 2.33. The molecule has 0 aliphatic rings. The third-order valence-corrected chi connectivity index (χ3v) is 3.52. The molecule has 0 fully saturated rings. The van der Waals surface area contributed by atoms with Gasteiger partial charge in [-0.25, -0.2) is 15.0 Å². The first-order chi connectivity index (χ1) is 12.6. The molecular formula is C16H16N8O2. The first-order valence-electron chi connectivity index (χ1n) is 7.75. The van der Waals surface area contributed by atoms with E-state index in [0.717, 1.165) is 5.56 Å². The zero-order valence-electron chi connectivity index (χ0n) is 14.1. The monoisotopic (exact) mass is 352 g/mol. The van der Waals surface area contributed by atoms with Crippen LogP contribution in [0, 0.1) is 39.7 Å². The van der Waals surface area contributed by atoms with Crippen molar-refractivity contribution in [3.05, 3.63) is 40.3 Å². The van der Waals surface area contributed by atoms with Gasteiger partial charge in [0.25, 0.3) is 0 Å². The van der Waals surface area contributed by atoms with Crippen molar-refractivity contribution in [2.75, 3.05) is 23.3 Å². The molecule has 2 aromatic rings. The van der Waals surface area contributed by atoms with Crippen molar-refractivity contribution in [1.82, 2.24) is 15.0 Å². The van der Waals surface area contributed by atoms with Crippen LogP contribution < -0.4 is 10.2 Å². The van der Waals surface area contributed by atoms with Gasteiger partial charge in [-0.15, -0.1) is 0 Å². The third-order valence-electron chi connectivity index (χ3n) is 3.52. The largest absolute Gasteiger partial charge is 0.353 e. The van der Waals surface area contributed by atoms with Gasteiger partial charge in [0.1, 0.15) is 12.1 Å².